The number of piperazine rings is 1. The Balaban J connectivity index is 1.41. The fourth-order valence-electron chi connectivity index (χ4n) is 3.94. The van der Waals surface area contributed by atoms with Gasteiger partial charge in [-0.3, -0.25) is 9.59 Å². The van der Waals surface area contributed by atoms with Crippen LogP contribution >= 0.6 is 11.3 Å². The number of hydrogen-bond donors (Lipinski definition) is 1. The Morgan fingerprint density at radius 3 is 2.39 bits per heavy atom. The number of anilines is 1. The molecule has 166 valence electrons. The van der Waals surface area contributed by atoms with Gasteiger partial charge in [0.2, 0.25) is 15.9 Å². The van der Waals surface area contributed by atoms with Crippen molar-refractivity contribution in [3.8, 4) is 0 Å². The summed E-state index contributed by atoms with van der Waals surface area (Å²) in [6.45, 7) is 2.89. The van der Waals surface area contributed by atoms with E-state index in [4.69, 9.17) is 0 Å². The fourth-order valence-corrected chi connectivity index (χ4v) is 6.04. The third kappa shape index (κ3) is 4.67. The number of thiophene rings is 1. The smallest absolute Gasteiger partial charge is 0.264 e. The van der Waals surface area contributed by atoms with E-state index >= 15 is 0 Å². The summed E-state index contributed by atoms with van der Waals surface area (Å²) >= 11 is 1.36. The lowest BCUT2D eigenvalue weighted by Crippen LogP contribution is -2.47. The van der Waals surface area contributed by atoms with Gasteiger partial charge in [-0.25, -0.2) is 8.42 Å². The number of rotatable bonds is 5. The number of nitrogens with one attached hydrogen (secondary N) is 1. The molecule has 1 aromatic carbocycles. The first kappa shape index (κ1) is 21.9. The van der Waals surface area contributed by atoms with Gasteiger partial charge in [0.25, 0.3) is 5.91 Å². The van der Waals surface area contributed by atoms with Crippen molar-refractivity contribution in [2.24, 2.45) is 0 Å². The normalized spacial score (nSPS) is 20.7. The molecule has 1 atom stereocenters. The van der Waals surface area contributed by atoms with Crippen molar-refractivity contribution in [3.05, 3.63) is 46.7 Å². The second-order valence-corrected chi connectivity index (χ2v) is 10.7. The van der Waals surface area contributed by atoms with E-state index in [0.29, 0.717) is 49.7 Å². The molecule has 3 heterocycles. The van der Waals surface area contributed by atoms with Gasteiger partial charge in [0, 0.05) is 38.4 Å². The van der Waals surface area contributed by atoms with E-state index < -0.39 is 16.1 Å². The maximum absolute atomic E-state index is 12.8. The fraction of sp³-hybridized carbons (Fsp3) is 0.429. The van der Waals surface area contributed by atoms with Crippen LogP contribution in [0.5, 0.6) is 0 Å². The van der Waals surface area contributed by atoms with Gasteiger partial charge >= 0.3 is 0 Å². The van der Waals surface area contributed by atoms with Crippen LogP contribution in [-0.4, -0.2) is 80.2 Å². The van der Waals surface area contributed by atoms with Gasteiger partial charge in [0.15, 0.2) is 0 Å². The zero-order valence-corrected chi connectivity index (χ0v) is 19.0. The highest BCUT2D eigenvalue weighted by Gasteiger charge is 2.35. The number of nitrogens with zero attached hydrogens (tertiary/aromatic N) is 3. The molecule has 4 rings (SSSR count). The molecule has 0 unspecified atom stereocenters. The molecule has 8 nitrogen and oxygen atoms in total. The SMILES string of the molecule is CN1CCN(S(=O)(=O)c2ccc(NC(=O)[C@@H]3CCCN3C(=O)c3cccs3)cc2)CC1. The maximum Gasteiger partial charge on any atom is 0.264 e. The number of benzene rings is 1. The lowest BCUT2D eigenvalue weighted by atomic mass is 10.2. The molecule has 1 N–H and O–H groups in total. The number of carbonyl (C=O) groups excluding carboxylic acids is 2. The molecule has 10 heteroatoms. The summed E-state index contributed by atoms with van der Waals surface area (Å²) in [6.07, 6.45) is 1.39. The second kappa shape index (κ2) is 9.07. The zero-order valence-electron chi connectivity index (χ0n) is 17.4. The van der Waals surface area contributed by atoms with Crippen molar-refractivity contribution >= 4 is 38.9 Å². The predicted molar refractivity (Wildman–Crippen MR) is 120 cm³/mol. The quantitative estimate of drug-likeness (QED) is 0.733. The minimum Gasteiger partial charge on any atom is -0.326 e. The number of likely N-dealkylation sites (tertiary alicyclic amines) is 1. The molecule has 31 heavy (non-hydrogen) atoms. The van der Waals surface area contributed by atoms with Crippen molar-refractivity contribution in [2.75, 3.05) is 45.1 Å². The van der Waals surface area contributed by atoms with Gasteiger partial charge in [-0.2, -0.15) is 4.31 Å². The van der Waals surface area contributed by atoms with E-state index in [9.17, 15) is 18.0 Å². The Bertz CT molecular complexity index is 1030. The van der Waals surface area contributed by atoms with E-state index in [-0.39, 0.29) is 16.7 Å². The third-order valence-electron chi connectivity index (χ3n) is 5.77. The van der Waals surface area contributed by atoms with Crippen molar-refractivity contribution in [1.82, 2.24) is 14.1 Å². The number of hydrogen-bond acceptors (Lipinski definition) is 6. The average molecular weight is 463 g/mol. The van der Waals surface area contributed by atoms with E-state index in [2.05, 4.69) is 10.2 Å². The lowest BCUT2D eigenvalue weighted by molar-refractivity contribution is -0.119. The molecule has 2 aliphatic heterocycles. The monoisotopic (exact) mass is 462 g/mol. The minimum atomic E-state index is -3.55. The summed E-state index contributed by atoms with van der Waals surface area (Å²) in [6, 6.07) is 9.30. The highest BCUT2D eigenvalue weighted by Crippen LogP contribution is 2.24. The molecule has 2 saturated heterocycles. The van der Waals surface area contributed by atoms with Gasteiger partial charge in [-0.15, -0.1) is 11.3 Å². The lowest BCUT2D eigenvalue weighted by Gasteiger charge is -2.31. The molecule has 0 bridgehead atoms. The largest absolute Gasteiger partial charge is 0.326 e. The van der Waals surface area contributed by atoms with Crippen molar-refractivity contribution in [3.63, 3.8) is 0 Å². The first-order chi connectivity index (χ1) is 14.9. The van der Waals surface area contributed by atoms with Crippen LogP contribution in [0.25, 0.3) is 0 Å². The van der Waals surface area contributed by atoms with Crippen LogP contribution < -0.4 is 5.32 Å². The second-order valence-electron chi connectivity index (χ2n) is 7.85. The zero-order chi connectivity index (χ0) is 22.0. The maximum atomic E-state index is 12.8. The Labute approximate surface area is 186 Å². The first-order valence-electron chi connectivity index (χ1n) is 10.3. The van der Waals surface area contributed by atoms with Gasteiger partial charge in [-0.05, 0) is 55.6 Å². The molecule has 2 aliphatic rings. The molecule has 0 spiro atoms. The highest BCUT2D eigenvalue weighted by atomic mass is 32.2. The van der Waals surface area contributed by atoms with E-state index in [1.165, 1.54) is 27.8 Å². The predicted octanol–water partition coefficient (Wildman–Crippen LogP) is 1.93. The third-order valence-corrected chi connectivity index (χ3v) is 8.54. The Morgan fingerprint density at radius 2 is 1.74 bits per heavy atom. The average Bonchev–Trinajstić information content (AvgIpc) is 3.46. The van der Waals surface area contributed by atoms with Crippen LogP contribution in [0.4, 0.5) is 5.69 Å². The summed E-state index contributed by atoms with van der Waals surface area (Å²) in [7, 11) is -1.58. The minimum absolute atomic E-state index is 0.124. The molecular weight excluding hydrogens is 436 g/mol. The molecule has 2 aromatic rings. The highest BCUT2D eigenvalue weighted by molar-refractivity contribution is 7.89. The summed E-state index contributed by atoms with van der Waals surface area (Å²) in [4.78, 5) is 30.1. The van der Waals surface area contributed by atoms with Crippen LogP contribution in [0.2, 0.25) is 0 Å². The Morgan fingerprint density at radius 1 is 1.03 bits per heavy atom. The van der Waals surface area contributed by atoms with Crippen LogP contribution in [0, 0.1) is 0 Å². The van der Waals surface area contributed by atoms with E-state index in [1.807, 2.05) is 18.5 Å². The van der Waals surface area contributed by atoms with Crippen molar-refractivity contribution < 1.29 is 18.0 Å². The molecule has 2 fully saturated rings. The summed E-state index contributed by atoms with van der Waals surface area (Å²) in [5.74, 6) is -0.377. The molecule has 0 aliphatic carbocycles. The van der Waals surface area contributed by atoms with Gasteiger partial charge in [-0.1, -0.05) is 6.07 Å². The van der Waals surface area contributed by atoms with Crippen LogP contribution in [0.1, 0.15) is 22.5 Å². The number of sulfonamides is 1. The van der Waals surface area contributed by atoms with Crippen LogP contribution in [0.3, 0.4) is 0 Å². The topological polar surface area (TPSA) is 90.0 Å². The van der Waals surface area contributed by atoms with Crippen LogP contribution in [-0.2, 0) is 14.8 Å². The Kier molecular flexibility index (Phi) is 6.42. The molecule has 2 amide bonds. The molecular formula is C21H26N4O4S2. The number of amides is 2. The van der Waals surface area contributed by atoms with Gasteiger partial charge < -0.3 is 15.1 Å². The van der Waals surface area contributed by atoms with E-state index in [0.717, 1.165) is 6.42 Å². The summed E-state index contributed by atoms with van der Waals surface area (Å²) in [5, 5.41) is 4.68. The molecule has 0 saturated carbocycles. The van der Waals surface area contributed by atoms with Gasteiger partial charge in [0.1, 0.15) is 6.04 Å². The van der Waals surface area contributed by atoms with Crippen LogP contribution in [0.15, 0.2) is 46.7 Å². The van der Waals surface area contributed by atoms with Crippen molar-refractivity contribution in [1.29, 1.82) is 0 Å². The van der Waals surface area contributed by atoms with Crippen molar-refractivity contribution in [2.45, 2.75) is 23.8 Å². The number of likely N-dealkylation sites (N-methyl/N-ethyl adjacent to an activating group) is 1. The molecule has 0 radical (unpaired) electrons. The molecule has 1 aromatic heterocycles. The standard InChI is InChI=1S/C21H26N4O4S2/c1-23-11-13-24(14-12-23)31(28,29)17-8-6-16(7-9-17)22-20(26)18-4-2-10-25(18)21(27)19-5-3-15-30-19/h3,5-9,15,18H,2,4,10-14H2,1H3,(H,22,26)/t18-/m0/s1. The summed E-state index contributed by atoms with van der Waals surface area (Å²) < 4.78 is 27.2. The Hall–Kier alpha value is -2.27. The van der Waals surface area contributed by atoms with E-state index in [1.54, 1.807) is 23.1 Å². The first-order valence-corrected chi connectivity index (χ1v) is 12.6. The summed E-state index contributed by atoms with van der Waals surface area (Å²) in [5.41, 5.74) is 0.512. The number of carbonyl (C=O) groups is 2. The van der Waals surface area contributed by atoms with Gasteiger partial charge in [0.05, 0.1) is 9.77 Å².